The number of rotatable bonds is 0. The zero-order valence-corrected chi connectivity index (χ0v) is 21.4. The molecule has 4 aliphatic carbocycles. The van der Waals surface area contributed by atoms with E-state index in [0.717, 1.165) is 71.3 Å². The molecule has 2 heteroatoms. The second-order valence-electron chi connectivity index (χ2n) is 14.7. The molecule has 2 aliphatic heterocycles. The van der Waals surface area contributed by atoms with E-state index in [1.807, 2.05) is 0 Å². The molecule has 0 N–H and O–H groups in total. The van der Waals surface area contributed by atoms with Crippen molar-refractivity contribution in [3.63, 3.8) is 0 Å². The van der Waals surface area contributed by atoms with Gasteiger partial charge in [-0.15, -0.1) is 0 Å². The lowest BCUT2D eigenvalue weighted by atomic mass is 9.42. The monoisotopic (exact) mass is 412 g/mol. The van der Waals surface area contributed by atoms with Gasteiger partial charge >= 0.3 is 0 Å². The summed E-state index contributed by atoms with van der Waals surface area (Å²) in [6.45, 7) is 30.4. The van der Waals surface area contributed by atoms with Gasteiger partial charge in [-0.25, -0.2) is 0 Å². The third kappa shape index (κ3) is 2.03. The van der Waals surface area contributed by atoms with Crippen molar-refractivity contribution in [2.45, 2.75) is 81.3 Å². The molecule has 2 saturated heterocycles. The Morgan fingerprint density at radius 1 is 0.667 bits per heavy atom. The van der Waals surface area contributed by atoms with E-state index in [-0.39, 0.29) is 0 Å². The fraction of sp³-hybridized carbons (Fsp3) is 1.00. The van der Waals surface area contributed by atoms with Crippen LogP contribution in [0.1, 0.15) is 69.2 Å². The number of nitrogens with zero attached hydrogens (tertiary/aromatic N) is 2. The van der Waals surface area contributed by atoms with Crippen molar-refractivity contribution in [2.75, 3.05) is 19.8 Å². The largest absolute Gasteiger partial charge is 0.287 e. The van der Waals surface area contributed by atoms with Crippen LogP contribution < -0.4 is 0 Å². The predicted octanol–water partition coefficient (Wildman–Crippen LogP) is 5.69. The summed E-state index contributed by atoms with van der Waals surface area (Å²) in [7, 11) is 0. The van der Waals surface area contributed by atoms with Crippen molar-refractivity contribution >= 4 is 0 Å². The van der Waals surface area contributed by atoms with Gasteiger partial charge in [-0.1, -0.05) is 62.3 Å². The normalized spacial score (nSPS) is 66.6. The summed E-state index contributed by atoms with van der Waals surface area (Å²) in [5.74, 6) is 8.93. The molecule has 170 valence electrons. The summed E-state index contributed by atoms with van der Waals surface area (Å²) in [5, 5.41) is 0. The maximum Gasteiger partial charge on any atom is 0.0512 e. The molecule has 4 saturated carbocycles. The van der Waals surface area contributed by atoms with Gasteiger partial charge in [-0.3, -0.25) is 9.80 Å². The van der Waals surface area contributed by atoms with Gasteiger partial charge in [-0.05, 0) is 82.3 Å². The Balaban J connectivity index is 1.47. The molecule has 6 rings (SSSR count). The first-order valence-electron chi connectivity index (χ1n) is 13.3. The van der Waals surface area contributed by atoms with Crippen molar-refractivity contribution in [3.8, 4) is 0 Å². The SMILES string of the molecule is CC1CN2CN(CC3C2C(C)C2C3C(C)(C)[C@@H]3C(C(C)[C@@H]4C(C)C43C)C2(C)C)C1C. The Labute approximate surface area is 186 Å². The van der Waals surface area contributed by atoms with E-state index >= 15 is 0 Å². The van der Waals surface area contributed by atoms with E-state index in [1.165, 1.54) is 19.8 Å². The quantitative estimate of drug-likeness (QED) is 0.504. The maximum absolute atomic E-state index is 2.94. The highest BCUT2D eigenvalue weighted by Gasteiger charge is 2.81. The minimum Gasteiger partial charge on any atom is -0.287 e. The van der Waals surface area contributed by atoms with E-state index in [9.17, 15) is 0 Å². The molecular formula is C28H48N2. The minimum absolute atomic E-state index is 0.462. The highest BCUT2D eigenvalue weighted by Crippen LogP contribution is 2.84. The second-order valence-corrected chi connectivity index (χ2v) is 14.7. The lowest BCUT2D eigenvalue weighted by molar-refractivity contribution is -0.155. The molecule has 15 atom stereocenters. The summed E-state index contributed by atoms with van der Waals surface area (Å²) >= 11 is 0. The summed E-state index contributed by atoms with van der Waals surface area (Å²) in [4.78, 5) is 5.80. The van der Waals surface area contributed by atoms with E-state index < -0.39 is 0 Å². The number of fused-ring (bicyclic) bond motifs is 9. The van der Waals surface area contributed by atoms with Gasteiger partial charge in [0.15, 0.2) is 0 Å². The number of hydrogen-bond donors (Lipinski definition) is 0. The van der Waals surface area contributed by atoms with Crippen molar-refractivity contribution in [1.29, 1.82) is 0 Å². The van der Waals surface area contributed by atoms with Crippen molar-refractivity contribution in [3.05, 3.63) is 0 Å². The molecule has 0 spiro atoms. The third-order valence-electron chi connectivity index (χ3n) is 13.2. The Hall–Kier alpha value is -0.0800. The molecule has 0 aromatic heterocycles. The Bertz CT molecular complexity index is 754. The molecule has 0 aromatic carbocycles. The zero-order chi connectivity index (χ0) is 21.7. The summed E-state index contributed by atoms with van der Waals surface area (Å²) in [5.41, 5.74) is 1.53. The molecule has 30 heavy (non-hydrogen) atoms. The third-order valence-corrected chi connectivity index (χ3v) is 13.2. The molecular weight excluding hydrogens is 364 g/mol. The van der Waals surface area contributed by atoms with Crippen LogP contribution in [0.25, 0.3) is 0 Å². The van der Waals surface area contributed by atoms with E-state index in [1.54, 1.807) is 0 Å². The maximum atomic E-state index is 2.94. The van der Waals surface area contributed by atoms with E-state index in [4.69, 9.17) is 0 Å². The lowest BCUT2D eigenvalue weighted by Gasteiger charge is -2.63. The Morgan fingerprint density at radius 3 is 2.00 bits per heavy atom. The van der Waals surface area contributed by atoms with Crippen molar-refractivity contribution < 1.29 is 0 Å². The molecule has 2 heterocycles. The van der Waals surface area contributed by atoms with Gasteiger partial charge in [0.05, 0.1) is 6.67 Å². The highest BCUT2D eigenvalue weighted by molar-refractivity contribution is 5.28. The van der Waals surface area contributed by atoms with Gasteiger partial charge in [0, 0.05) is 25.2 Å². The second kappa shape index (κ2) is 5.69. The Kier molecular flexibility index (Phi) is 3.90. The van der Waals surface area contributed by atoms with Crippen LogP contribution in [0.3, 0.4) is 0 Å². The minimum atomic E-state index is 0.462. The predicted molar refractivity (Wildman–Crippen MR) is 125 cm³/mol. The molecule has 2 nitrogen and oxygen atoms in total. The van der Waals surface area contributed by atoms with Crippen LogP contribution in [-0.4, -0.2) is 41.6 Å². The average Bonchev–Trinajstić information content (AvgIpc) is 2.92. The van der Waals surface area contributed by atoms with Crippen LogP contribution in [0.4, 0.5) is 0 Å². The zero-order valence-electron chi connectivity index (χ0n) is 21.4. The van der Waals surface area contributed by atoms with Crippen LogP contribution >= 0.6 is 0 Å². The summed E-state index contributed by atoms with van der Waals surface area (Å²) in [6, 6.07) is 1.57. The van der Waals surface area contributed by atoms with Crippen LogP contribution in [0.5, 0.6) is 0 Å². The first-order chi connectivity index (χ1) is 13.9. The Morgan fingerprint density at radius 2 is 1.33 bits per heavy atom. The first kappa shape index (κ1) is 20.5. The van der Waals surface area contributed by atoms with E-state index in [2.05, 4.69) is 79.0 Å². The smallest absolute Gasteiger partial charge is 0.0512 e. The lowest BCUT2D eigenvalue weighted by Crippen LogP contribution is -2.65. The van der Waals surface area contributed by atoms with Crippen molar-refractivity contribution in [2.24, 2.45) is 75.4 Å². The molecule has 6 aliphatic rings. The average molecular weight is 413 g/mol. The molecule has 2 bridgehead atoms. The van der Waals surface area contributed by atoms with Gasteiger partial charge in [0.25, 0.3) is 0 Å². The van der Waals surface area contributed by atoms with Gasteiger partial charge < -0.3 is 0 Å². The fourth-order valence-electron chi connectivity index (χ4n) is 12.4. The van der Waals surface area contributed by atoms with Crippen LogP contribution in [0, 0.1) is 75.4 Å². The van der Waals surface area contributed by atoms with E-state index in [0.29, 0.717) is 16.2 Å². The van der Waals surface area contributed by atoms with Gasteiger partial charge in [0.2, 0.25) is 0 Å². The standard InChI is InChI=1S/C28H48N2/c1-14-11-30-13-29(18(14)5)12-19-23-21(16(3)24(19)30)26(6,7)22-15(2)20-17(4)28(20,10)25(22)27(23,8)9/h14-25H,11-13H2,1-10H3/t14?,15?,16?,17?,18?,19?,20-,21?,22?,23?,24?,25+,28?/m1/s1. The van der Waals surface area contributed by atoms with Crippen LogP contribution in [-0.2, 0) is 0 Å². The summed E-state index contributed by atoms with van der Waals surface area (Å²) in [6.07, 6.45) is 0. The fourth-order valence-corrected chi connectivity index (χ4v) is 12.4. The molecule has 0 radical (unpaired) electrons. The van der Waals surface area contributed by atoms with Crippen LogP contribution in [0.2, 0.25) is 0 Å². The van der Waals surface area contributed by atoms with Crippen molar-refractivity contribution in [1.82, 2.24) is 9.80 Å². The molecule has 13 unspecified atom stereocenters. The highest BCUT2D eigenvalue weighted by atomic mass is 15.4. The molecule has 0 amide bonds. The summed E-state index contributed by atoms with van der Waals surface area (Å²) < 4.78 is 0. The topological polar surface area (TPSA) is 6.48 Å². The van der Waals surface area contributed by atoms with Crippen LogP contribution in [0.15, 0.2) is 0 Å². The molecule has 6 fully saturated rings. The number of hydrogen-bond acceptors (Lipinski definition) is 2. The molecule has 0 aromatic rings. The van der Waals surface area contributed by atoms with Gasteiger partial charge in [-0.2, -0.15) is 0 Å². The van der Waals surface area contributed by atoms with Gasteiger partial charge in [0.1, 0.15) is 0 Å². The first-order valence-corrected chi connectivity index (χ1v) is 13.3.